The molecular formula is C12H15NO2S. The summed E-state index contributed by atoms with van der Waals surface area (Å²) < 4.78 is 0. The molecule has 0 spiro atoms. The van der Waals surface area contributed by atoms with Crippen molar-refractivity contribution in [3.8, 4) is 0 Å². The van der Waals surface area contributed by atoms with Crippen molar-refractivity contribution in [1.29, 1.82) is 0 Å². The van der Waals surface area contributed by atoms with Crippen molar-refractivity contribution in [2.24, 2.45) is 0 Å². The van der Waals surface area contributed by atoms with Gasteiger partial charge < -0.3 is 10.0 Å². The Morgan fingerprint density at radius 3 is 2.94 bits per heavy atom. The van der Waals surface area contributed by atoms with Crippen LogP contribution in [-0.4, -0.2) is 34.8 Å². The quantitative estimate of drug-likeness (QED) is 0.867. The van der Waals surface area contributed by atoms with Crippen LogP contribution in [0.2, 0.25) is 0 Å². The number of nitrogens with zero attached hydrogens (tertiary/aromatic N) is 1. The number of hydrogen-bond acceptors (Lipinski definition) is 3. The van der Waals surface area contributed by atoms with E-state index < -0.39 is 0 Å². The third kappa shape index (κ3) is 2.08. The first kappa shape index (κ1) is 11.5. The lowest BCUT2D eigenvalue weighted by molar-refractivity contribution is -0.128. The number of hydrogen-bond donors (Lipinski definition) is 1. The van der Waals surface area contributed by atoms with Crippen LogP contribution in [0.1, 0.15) is 16.5 Å². The number of carbonyl (C=O) groups excluding carboxylic acids is 1. The first-order valence-corrected chi connectivity index (χ1v) is 6.36. The lowest BCUT2D eigenvalue weighted by Gasteiger charge is -2.24. The van der Waals surface area contributed by atoms with Gasteiger partial charge >= 0.3 is 0 Å². The van der Waals surface area contributed by atoms with E-state index in [0.29, 0.717) is 12.3 Å². The second kappa shape index (κ2) is 4.89. The SMILES string of the molecule is Cc1ccccc1C1SCC(=O)N1CCO. The van der Waals surface area contributed by atoms with E-state index in [1.807, 2.05) is 12.1 Å². The van der Waals surface area contributed by atoms with Crippen LogP contribution in [0, 0.1) is 6.92 Å². The molecule has 1 amide bonds. The minimum Gasteiger partial charge on any atom is -0.395 e. The van der Waals surface area contributed by atoms with Crippen molar-refractivity contribution in [2.45, 2.75) is 12.3 Å². The molecule has 1 aliphatic rings. The zero-order valence-electron chi connectivity index (χ0n) is 9.22. The molecule has 1 atom stereocenters. The summed E-state index contributed by atoms with van der Waals surface area (Å²) in [4.78, 5) is 13.4. The monoisotopic (exact) mass is 237 g/mol. The number of aliphatic hydroxyl groups is 1. The summed E-state index contributed by atoms with van der Waals surface area (Å²) in [6.07, 6.45) is 0. The molecule has 2 rings (SSSR count). The van der Waals surface area contributed by atoms with Crippen molar-refractivity contribution in [1.82, 2.24) is 4.90 Å². The van der Waals surface area contributed by atoms with Gasteiger partial charge in [-0.3, -0.25) is 4.79 Å². The molecule has 3 nitrogen and oxygen atoms in total. The van der Waals surface area contributed by atoms with Gasteiger partial charge in [-0.25, -0.2) is 0 Å². The topological polar surface area (TPSA) is 40.5 Å². The molecule has 1 fully saturated rings. The van der Waals surface area contributed by atoms with Crippen LogP contribution in [-0.2, 0) is 4.79 Å². The number of amides is 1. The van der Waals surface area contributed by atoms with Crippen molar-refractivity contribution in [2.75, 3.05) is 18.9 Å². The molecule has 16 heavy (non-hydrogen) atoms. The second-order valence-corrected chi connectivity index (χ2v) is 4.90. The Bertz CT molecular complexity index is 394. The summed E-state index contributed by atoms with van der Waals surface area (Å²) in [6.45, 7) is 2.50. The lowest BCUT2D eigenvalue weighted by atomic mass is 10.1. The first-order valence-electron chi connectivity index (χ1n) is 5.31. The molecular weight excluding hydrogens is 222 g/mol. The van der Waals surface area contributed by atoms with Crippen LogP contribution >= 0.6 is 11.8 Å². The van der Waals surface area contributed by atoms with Crippen LogP contribution in [0.15, 0.2) is 24.3 Å². The van der Waals surface area contributed by atoms with Crippen molar-refractivity contribution >= 4 is 17.7 Å². The third-order valence-electron chi connectivity index (χ3n) is 2.76. The largest absolute Gasteiger partial charge is 0.395 e. The first-order chi connectivity index (χ1) is 7.74. The molecule has 0 aromatic heterocycles. The number of aryl methyl sites for hydroxylation is 1. The highest BCUT2D eigenvalue weighted by Gasteiger charge is 2.32. The number of benzene rings is 1. The maximum atomic E-state index is 11.7. The molecule has 1 aromatic carbocycles. The van der Waals surface area contributed by atoms with Crippen molar-refractivity contribution in [3.05, 3.63) is 35.4 Å². The van der Waals surface area contributed by atoms with Crippen LogP contribution in [0.4, 0.5) is 0 Å². The summed E-state index contributed by atoms with van der Waals surface area (Å²) in [7, 11) is 0. The summed E-state index contributed by atoms with van der Waals surface area (Å²) in [5.74, 6) is 0.631. The Hall–Kier alpha value is -1.00. The highest BCUT2D eigenvalue weighted by Crippen LogP contribution is 2.39. The van der Waals surface area contributed by atoms with Crippen molar-refractivity contribution in [3.63, 3.8) is 0 Å². The van der Waals surface area contributed by atoms with Crippen LogP contribution < -0.4 is 0 Å². The highest BCUT2D eigenvalue weighted by molar-refractivity contribution is 8.00. The number of rotatable bonds is 3. The molecule has 0 aliphatic carbocycles. The van der Waals surface area contributed by atoms with Gasteiger partial charge in [-0.2, -0.15) is 0 Å². The molecule has 1 unspecified atom stereocenters. The van der Waals surface area contributed by atoms with E-state index in [9.17, 15) is 4.79 Å². The predicted octanol–water partition coefficient (Wildman–Crippen LogP) is 1.56. The fourth-order valence-corrected chi connectivity index (χ4v) is 3.24. The molecule has 4 heteroatoms. The van der Waals surface area contributed by atoms with E-state index in [1.54, 1.807) is 16.7 Å². The minimum atomic E-state index is 0.0225. The third-order valence-corrected chi connectivity index (χ3v) is 4.00. The number of thioether (sulfide) groups is 1. The molecule has 1 heterocycles. The predicted molar refractivity (Wildman–Crippen MR) is 65.2 cm³/mol. The average molecular weight is 237 g/mol. The Labute approximate surface area is 99.5 Å². The fraction of sp³-hybridized carbons (Fsp3) is 0.417. The molecule has 0 saturated carbocycles. The van der Waals surface area contributed by atoms with E-state index in [-0.39, 0.29) is 17.9 Å². The number of aliphatic hydroxyl groups excluding tert-OH is 1. The van der Waals surface area contributed by atoms with Crippen LogP contribution in [0.3, 0.4) is 0 Å². The van der Waals surface area contributed by atoms with E-state index in [1.165, 1.54) is 11.1 Å². The highest BCUT2D eigenvalue weighted by atomic mass is 32.2. The maximum Gasteiger partial charge on any atom is 0.233 e. The second-order valence-electron chi connectivity index (χ2n) is 3.83. The van der Waals surface area contributed by atoms with Gasteiger partial charge in [0.05, 0.1) is 12.4 Å². The summed E-state index contributed by atoms with van der Waals surface area (Å²) >= 11 is 1.63. The molecule has 0 bridgehead atoms. The fourth-order valence-electron chi connectivity index (χ4n) is 1.93. The van der Waals surface area contributed by atoms with Crippen LogP contribution in [0.5, 0.6) is 0 Å². The van der Waals surface area contributed by atoms with Gasteiger partial charge in [0.2, 0.25) is 5.91 Å². The molecule has 1 N–H and O–H groups in total. The van der Waals surface area contributed by atoms with E-state index in [2.05, 4.69) is 19.1 Å². The van der Waals surface area contributed by atoms with Gasteiger partial charge in [-0.1, -0.05) is 24.3 Å². The Balaban J connectivity index is 2.27. The zero-order valence-corrected chi connectivity index (χ0v) is 10.0. The van der Waals surface area contributed by atoms with E-state index >= 15 is 0 Å². The molecule has 1 aromatic rings. The summed E-state index contributed by atoms with van der Waals surface area (Å²) in [5.41, 5.74) is 2.37. The minimum absolute atomic E-state index is 0.0225. The Kier molecular flexibility index (Phi) is 3.51. The molecule has 0 radical (unpaired) electrons. The van der Waals surface area contributed by atoms with E-state index in [0.717, 1.165) is 0 Å². The maximum absolute atomic E-state index is 11.7. The average Bonchev–Trinajstić information content (AvgIpc) is 2.62. The standard InChI is InChI=1S/C12H15NO2S/c1-9-4-2-3-5-10(9)12-13(6-7-14)11(15)8-16-12/h2-5,12,14H,6-8H2,1H3. The molecule has 1 saturated heterocycles. The molecule has 1 aliphatic heterocycles. The van der Waals surface area contributed by atoms with E-state index in [4.69, 9.17) is 5.11 Å². The lowest BCUT2D eigenvalue weighted by Crippen LogP contribution is -2.31. The van der Waals surface area contributed by atoms with Crippen molar-refractivity contribution < 1.29 is 9.90 Å². The normalized spacial score (nSPS) is 20.5. The zero-order chi connectivity index (χ0) is 11.5. The smallest absolute Gasteiger partial charge is 0.233 e. The summed E-state index contributed by atoms with van der Waals surface area (Å²) in [5, 5.41) is 9.05. The Morgan fingerprint density at radius 2 is 2.25 bits per heavy atom. The van der Waals surface area contributed by atoms with Gasteiger partial charge in [-0.15, -0.1) is 11.8 Å². The number of β-amino-alcohol motifs (C(OH)–C–C–N with tert-alkyl or cyclic N) is 1. The van der Waals surface area contributed by atoms with Gasteiger partial charge in [0.25, 0.3) is 0 Å². The number of carbonyl (C=O) groups is 1. The van der Waals surface area contributed by atoms with Gasteiger partial charge in [0, 0.05) is 6.54 Å². The van der Waals surface area contributed by atoms with Crippen LogP contribution in [0.25, 0.3) is 0 Å². The van der Waals surface area contributed by atoms with Gasteiger partial charge in [-0.05, 0) is 18.1 Å². The van der Waals surface area contributed by atoms with Gasteiger partial charge in [0.1, 0.15) is 5.37 Å². The Morgan fingerprint density at radius 1 is 1.50 bits per heavy atom. The van der Waals surface area contributed by atoms with Gasteiger partial charge in [0.15, 0.2) is 0 Å². The molecule has 86 valence electrons. The summed E-state index contributed by atoms with van der Waals surface area (Å²) in [6, 6.07) is 8.09.